The quantitative estimate of drug-likeness (QED) is 0.703. The fourth-order valence-electron chi connectivity index (χ4n) is 2.24. The lowest BCUT2D eigenvalue weighted by atomic mass is 9.87. The van der Waals surface area contributed by atoms with Gasteiger partial charge < -0.3 is 9.88 Å². The Morgan fingerprint density at radius 3 is 2.85 bits per heavy atom. The van der Waals surface area contributed by atoms with Crippen LogP contribution in [0.1, 0.15) is 31.9 Å². The molecule has 1 aliphatic heterocycles. The third-order valence-electron chi connectivity index (χ3n) is 3.10. The Labute approximate surface area is 79.2 Å². The lowest BCUT2D eigenvalue weighted by molar-refractivity contribution is 0.399. The number of hydrogen-bond acceptors (Lipinski definition) is 2. The number of nitrogens with zero attached hydrogens (tertiary/aromatic N) is 2. The highest BCUT2D eigenvalue weighted by molar-refractivity contribution is 5.15. The van der Waals surface area contributed by atoms with Crippen molar-refractivity contribution in [1.82, 2.24) is 14.9 Å². The van der Waals surface area contributed by atoms with Crippen LogP contribution < -0.4 is 5.32 Å². The van der Waals surface area contributed by atoms with Crippen molar-refractivity contribution in [3.63, 3.8) is 0 Å². The molecule has 0 amide bonds. The van der Waals surface area contributed by atoms with Crippen LogP contribution in [0.15, 0.2) is 12.5 Å². The zero-order valence-corrected chi connectivity index (χ0v) is 8.54. The number of aromatic nitrogens is 2. The third kappa shape index (κ3) is 1.37. The first kappa shape index (κ1) is 8.75. The molecule has 0 spiro atoms. The number of nitrogens with one attached hydrogen (secondary N) is 1. The molecule has 1 N–H and O–H groups in total. The minimum absolute atomic E-state index is 0.216. The molecule has 0 bridgehead atoms. The highest BCUT2D eigenvalue weighted by Gasteiger charge is 2.36. The molecule has 72 valence electrons. The first-order valence-electron chi connectivity index (χ1n) is 4.82. The molecule has 1 saturated heterocycles. The second-order valence-corrected chi connectivity index (χ2v) is 4.42. The van der Waals surface area contributed by atoms with E-state index in [1.165, 1.54) is 12.1 Å². The van der Waals surface area contributed by atoms with E-state index in [1.807, 2.05) is 12.5 Å². The first-order valence-corrected chi connectivity index (χ1v) is 4.82. The van der Waals surface area contributed by atoms with E-state index in [2.05, 4.69) is 35.8 Å². The normalized spacial score (nSPS) is 26.5. The largest absolute Gasteiger partial charge is 0.337 e. The van der Waals surface area contributed by atoms with Gasteiger partial charge in [0.15, 0.2) is 0 Å². The van der Waals surface area contributed by atoms with Crippen molar-refractivity contribution in [1.29, 1.82) is 0 Å². The Hall–Kier alpha value is -0.830. The van der Waals surface area contributed by atoms with Crippen LogP contribution in [0.4, 0.5) is 0 Å². The SMILES string of the molecule is Cn1cncc1C1CCNC1(C)C. The van der Waals surface area contributed by atoms with Crippen molar-refractivity contribution in [2.75, 3.05) is 6.54 Å². The highest BCUT2D eigenvalue weighted by atomic mass is 15.1. The molecule has 1 aliphatic rings. The van der Waals surface area contributed by atoms with Gasteiger partial charge in [-0.25, -0.2) is 4.98 Å². The number of imidazole rings is 1. The minimum atomic E-state index is 0.216. The van der Waals surface area contributed by atoms with Gasteiger partial charge >= 0.3 is 0 Å². The third-order valence-corrected chi connectivity index (χ3v) is 3.10. The molecule has 0 aliphatic carbocycles. The zero-order valence-electron chi connectivity index (χ0n) is 8.54. The van der Waals surface area contributed by atoms with E-state index in [4.69, 9.17) is 0 Å². The summed E-state index contributed by atoms with van der Waals surface area (Å²) in [7, 11) is 2.07. The maximum Gasteiger partial charge on any atom is 0.0945 e. The summed E-state index contributed by atoms with van der Waals surface area (Å²) in [4.78, 5) is 4.17. The van der Waals surface area contributed by atoms with Crippen molar-refractivity contribution in [3.05, 3.63) is 18.2 Å². The van der Waals surface area contributed by atoms with Gasteiger partial charge in [0.05, 0.1) is 6.33 Å². The van der Waals surface area contributed by atoms with E-state index in [-0.39, 0.29) is 5.54 Å². The molecule has 1 fully saturated rings. The van der Waals surface area contributed by atoms with E-state index >= 15 is 0 Å². The van der Waals surface area contributed by atoms with E-state index in [0.29, 0.717) is 5.92 Å². The highest BCUT2D eigenvalue weighted by Crippen LogP contribution is 2.34. The number of aryl methyl sites for hydroxylation is 1. The fourth-order valence-corrected chi connectivity index (χ4v) is 2.24. The minimum Gasteiger partial charge on any atom is -0.337 e. The summed E-state index contributed by atoms with van der Waals surface area (Å²) in [6.07, 6.45) is 5.08. The van der Waals surface area contributed by atoms with Crippen LogP contribution in [0.25, 0.3) is 0 Å². The molecule has 1 aromatic heterocycles. The second kappa shape index (κ2) is 2.84. The van der Waals surface area contributed by atoms with Crippen LogP contribution in [0.2, 0.25) is 0 Å². The van der Waals surface area contributed by atoms with Gasteiger partial charge in [-0.3, -0.25) is 0 Å². The average Bonchev–Trinajstić information content (AvgIpc) is 2.56. The summed E-state index contributed by atoms with van der Waals surface area (Å²) >= 11 is 0. The van der Waals surface area contributed by atoms with Crippen molar-refractivity contribution >= 4 is 0 Å². The van der Waals surface area contributed by atoms with Crippen LogP contribution >= 0.6 is 0 Å². The molecule has 1 atom stereocenters. The Morgan fingerprint density at radius 1 is 1.62 bits per heavy atom. The molecule has 2 heterocycles. The van der Waals surface area contributed by atoms with Gasteiger partial charge in [0, 0.05) is 30.4 Å². The number of hydrogen-bond donors (Lipinski definition) is 1. The monoisotopic (exact) mass is 179 g/mol. The van der Waals surface area contributed by atoms with Crippen LogP contribution in [0.5, 0.6) is 0 Å². The Kier molecular flexibility index (Phi) is 1.91. The molecule has 0 radical (unpaired) electrons. The van der Waals surface area contributed by atoms with E-state index < -0.39 is 0 Å². The molecule has 1 unspecified atom stereocenters. The first-order chi connectivity index (χ1) is 6.11. The van der Waals surface area contributed by atoms with Crippen LogP contribution in [0.3, 0.4) is 0 Å². The van der Waals surface area contributed by atoms with Gasteiger partial charge in [-0.2, -0.15) is 0 Å². The van der Waals surface area contributed by atoms with Crippen molar-refractivity contribution < 1.29 is 0 Å². The van der Waals surface area contributed by atoms with E-state index in [9.17, 15) is 0 Å². The predicted octanol–water partition coefficient (Wildman–Crippen LogP) is 1.28. The average molecular weight is 179 g/mol. The van der Waals surface area contributed by atoms with Gasteiger partial charge in [0.1, 0.15) is 0 Å². The maximum atomic E-state index is 4.17. The summed E-state index contributed by atoms with van der Waals surface area (Å²) < 4.78 is 2.12. The van der Waals surface area contributed by atoms with Crippen LogP contribution in [0, 0.1) is 0 Å². The molecule has 13 heavy (non-hydrogen) atoms. The topological polar surface area (TPSA) is 29.9 Å². The summed E-state index contributed by atoms with van der Waals surface area (Å²) in [6, 6.07) is 0. The number of rotatable bonds is 1. The van der Waals surface area contributed by atoms with Gasteiger partial charge in [0.25, 0.3) is 0 Å². The van der Waals surface area contributed by atoms with Crippen LogP contribution in [-0.2, 0) is 7.05 Å². The smallest absolute Gasteiger partial charge is 0.0945 e. The Balaban J connectivity index is 2.31. The van der Waals surface area contributed by atoms with E-state index in [1.54, 1.807) is 0 Å². The maximum absolute atomic E-state index is 4.17. The Morgan fingerprint density at radius 2 is 2.38 bits per heavy atom. The lowest BCUT2D eigenvalue weighted by Gasteiger charge is -2.27. The molecule has 0 saturated carbocycles. The predicted molar refractivity (Wildman–Crippen MR) is 52.6 cm³/mol. The molecule has 2 rings (SSSR count). The van der Waals surface area contributed by atoms with E-state index in [0.717, 1.165) is 6.54 Å². The van der Waals surface area contributed by atoms with Gasteiger partial charge in [-0.05, 0) is 26.8 Å². The molecule has 1 aromatic rings. The molecular formula is C10H17N3. The van der Waals surface area contributed by atoms with Crippen LogP contribution in [-0.4, -0.2) is 21.6 Å². The van der Waals surface area contributed by atoms with Gasteiger partial charge in [-0.15, -0.1) is 0 Å². The standard InChI is InChI=1S/C10H17N3/c1-10(2)8(4-5-12-10)9-6-11-7-13(9)3/h6-8,12H,4-5H2,1-3H3. The molecule has 3 nitrogen and oxygen atoms in total. The summed E-state index contributed by atoms with van der Waals surface area (Å²) in [5.74, 6) is 0.597. The summed E-state index contributed by atoms with van der Waals surface area (Å²) in [5, 5.41) is 3.52. The van der Waals surface area contributed by atoms with Gasteiger partial charge in [-0.1, -0.05) is 0 Å². The molecule has 0 aromatic carbocycles. The van der Waals surface area contributed by atoms with Crippen molar-refractivity contribution in [3.8, 4) is 0 Å². The Bertz CT molecular complexity index is 301. The summed E-state index contributed by atoms with van der Waals surface area (Å²) in [6.45, 7) is 5.64. The molecular weight excluding hydrogens is 162 g/mol. The van der Waals surface area contributed by atoms with Crippen molar-refractivity contribution in [2.24, 2.45) is 7.05 Å². The lowest BCUT2D eigenvalue weighted by Crippen LogP contribution is -2.37. The van der Waals surface area contributed by atoms with Gasteiger partial charge in [0.2, 0.25) is 0 Å². The summed E-state index contributed by atoms with van der Waals surface area (Å²) in [5.41, 5.74) is 1.56. The molecule has 3 heteroatoms. The second-order valence-electron chi connectivity index (χ2n) is 4.42. The zero-order chi connectivity index (χ0) is 9.47. The van der Waals surface area contributed by atoms with Crippen molar-refractivity contribution in [2.45, 2.75) is 31.7 Å². The fraction of sp³-hybridized carbons (Fsp3) is 0.700.